The smallest absolute Gasteiger partial charge is 0.116 e. The zero-order chi connectivity index (χ0) is 10.9. The lowest BCUT2D eigenvalue weighted by molar-refractivity contribution is 0.476. The summed E-state index contributed by atoms with van der Waals surface area (Å²) < 4.78 is 0. The van der Waals surface area contributed by atoms with Gasteiger partial charge in [-0.1, -0.05) is 0 Å². The first-order chi connectivity index (χ1) is 7.74. The van der Waals surface area contributed by atoms with Crippen LogP contribution >= 0.6 is 12.4 Å². The molecule has 88 valence electrons. The standard InChI is InChI=1S/C14H13NO.ClH/c1-7-10-6-9(16)2-3-12(10)15-13-5-8-4-11(8)14(7)13;/h2-3,6,8,11,16H,4-5H2,1H3;1H. The summed E-state index contributed by atoms with van der Waals surface area (Å²) in [5, 5.41) is 10.7. The predicted molar refractivity (Wildman–Crippen MR) is 69.9 cm³/mol. The van der Waals surface area contributed by atoms with Crippen LogP contribution in [0.3, 0.4) is 0 Å². The van der Waals surface area contributed by atoms with Gasteiger partial charge in [0.05, 0.1) is 5.52 Å². The van der Waals surface area contributed by atoms with Crippen LogP contribution in [0.25, 0.3) is 10.9 Å². The molecule has 17 heavy (non-hydrogen) atoms. The van der Waals surface area contributed by atoms with Gasteiger partial charge < -0.3 is 5.11 Å². The van der Waals surface area contributed by atoms with Gasteiger partial charge in [0.1, 0.15) is 5.75 Å². The van der Waals surface area contributed by atoms with Gasteiger partial charge in [0.2, 0.25) is 0 Å². The van der Waals surface area contributed by atoms with Crippen molar-refractivity contribution in [2.24, 2.45) is 5.92 Å². The normalized spacial score (nSPS) is 24.1. The number of hydrogen-bond donors (Lipinski definition) is 1. The Morgan fingerprint density at radius 2 is 2.18 bits per heavy atom. The Bertz CT molecular complexity index is 623. The molecular weight excluding hydrogens is 234 g/mol. The molecule has 0 aliphatic heterocycles. The molecule has 1 saturated carbocycles. The van der Waals surface area contributed by atoms with E-state index in [1.54, 1.807) is 6.07 Å². The van der Waals surface area contributed by atoms with E-state index in [0.29, 0.717) is 5.75 Å². The molecule has 2 nitrogen and oxygen atoms in total. The van der Waals surface area contributed by atoms with Crippen LogP contribution in [0, 0.1) is 12.8 Å². The zero-order valence-corrected chi connectivity index (χ0v) is 10.4. The minimum Gasteiger partial charge on any atom is -0.508 e. The fourth-order valence-electron chi connectivity index (χ4n) is 3.21. The number of fused-ring (bicyclic) bond motifs is 4. The van der Waals surface area contributed by atoms with Gasteiger partial charge in [-0.05, 0) is 60.9 Å². The number of pyridine rings is 1. The minimum absolute atomic E-state index is 0. The van der Waals surface area contributed by atoms with Crippen molar-refractivity contribution in [3.63, 3.8) is 0 Å². The first kappa shape index (κ1) is 10.8. The third-order valence-corrected chi connectivity index (χ3v) is 4.10. The van der Waals surface area contributed by atoms with Gasteiger partial charge in [0, 0.05) is 11.1 Å². The summed E-state index contributed by atoms with van der Waals surface area (Å²) in [6.45, 7) is 2.17. The van der Waals surface area contributed by atoms with Crippen molar-refractivity contribution in [3.8, 4) is 5.75 Å². The molecule has 0 amide bonds. The van der Waals surface area contributed by atoms with Crippen molar-refractivity contribution in [2.75, 3.05) is 0 Å². The summed E-state index contributed by atoms with van der Waals surface area (Å²) in [6.07, 6.45) is 2.51. The third kappa shape index (κ3) is 1.37. The van der Waals surface area contributed by atoms with Crippen LogP contribution < -0.4 is 0 Å². The predicted octanol–water partition coefficient (Wildman–Crippen LogP) is 3.33. The second-order valence-corrected chi connectivity index (χ2v) is 5.11. The Morgan fingerprint density at radius 1 is 1.35 bits per heavy atom. The van der Waals surface area contributed by atoms with Gasteiger partial charge in [-0.25, -0.2) is 0 Å². The summed E-state index contributed by atoms with van der Waals surface area (Å²) in [5.41, 5.74) is 5.14. The molecule has 1 fully saturated rings. The molecule has 3 heteroatoms. The Hall–Kier alpha value is -1.28. The van der Waals surface area contributed by atoms with E-state index in [-0.39, 0.29) is 12.4 Å². The lowest BCUT2D eigenvalue weighted by Crippen LogP contribution is -1.96. The van der Waals surface area contributed by atoms with Crippen LogP contribution in [0.1, 0.15) is 29.2 Å². The SMILES string of the molecule is Cc1c2c(nc3ccc(O)cc13)CC1CC21.Cl. The maximum Gasteiger partial charge on any atom is 0.116 e. The van der Waals surface area contributed by atoms with E-state index in [2.05, 4.69) is 6.92 Å². The molecular formula is C14H14ClNO. The number of aryl methyl sites for hydroxylation is 1. The van der Waals surface area contributed by atoms with Crippen LogP contribution in [0.4, 0.5) is 0 Å². The molecule has 1 aromatic carbocycles. The topological polar surface area (TPSA) is 33.1 Å². The number of nitrogens with zero attached hydrogens (tertiary/aromatic N) is 1. The number of aromatic hydroxyl groups is 1. The first-order valence-corrected chi connectivity index (χ1v) is 5.86. The molecule has 2 aromatic rings. The number of aromatic nitrogens is 1. The number of benzene rings is 1. The fourth-order valence-corrected chi connectivity index (χ4v) is 3.21. The summed E-state index contributed by atoms with van der Waals surface area (Å²) in [7, 11) is 0. The van der Waals surface area contributed by atoms with E-state index in [0.717, 1.165) is 29.2 Å². The molecule has 1 heterocycles. The largest absolute Gasteiger partial charge is 0.508 e. The Labute approximate surface area is 106 Å². The van der Waals surface area contributed by atoms with E-state index in [1.807, 2.05) is 12.1 Å². The number of phenols is 1. The highest BCUT2D eigenvalue weighted by Crippen LogP contribution is 2.57. The second kappa shape index (κ2) is 3.36. The van der Waals surface area contributed by atoms with Crippen molar-refractivity contribution in [1.29, 1.82) is 0 Å². The maximum atomic E-state index is 9.55. The Balaban J connectivity index is 0.000000902. The quantitative estimate of drug-likeness (QED) is 0.775. The van der Waals surface area contributed by atoms with E-state index in [9.17, 15) is 5.11 Å². The summed E-state index contributed by atoms with van der Waals surface area (Å²) in [4.78, 5) is 4.73. The zero-order valence-electron chi connectivity index (χ0n) is 9.60. The summed E-state index contributed by atoms with van der Waals surface area (Å²) in [6, 6.07) is 5.48. The van der Waals surface area contributed by atoms with Crippen LogP contribution in [-0.2, 0) is 6.42 Å². The van der Waals surface area contributed by atoms with E-state index < -0.39 is 0 Å². The summed E-state index contributed by atoms with van der Waals surface area (Å²) >= 11 is 0. The van der Waals surface area contributed by atoms with Crippen molar-refractivity contribution in [3.05, 3.63) is 35.0 Å². The third-order valence-electron chi connectivity index (χ3n) is 4.10. The minimum atomic E-state index is 0. The van der Waals surface area contributed by atoms with E-state index in [1.165, 1.54) is 23.2 Å². The highest BCUT2D eigenvalue weighted by atomic mass is 35.5. The lowest BCUT2D eigenvalue weighted by Gasteiger charge is -2.10. The second-order valence-electron chi connectivity index (χ2n) is 5.11. The fraction of sp³-hybridized carbons (Fsp3) is 0.357. The summed E-state index contributed by atoms with van der Waals surface area (Å²) in [5.74, 6) is 1.98. The number of hydrogen-bond acceptors (Lipinski definition) is 2. The van der Waals surface area contributed by atoms with Crippen molar-refractivity contribution in [1.82, 2.24) is 4.98 Å². The number of rotatable bonds is 0. The Kier molecular flexibility index (Phi) is 2.14. The van der Waals surface area contributed by atoms with Gasteiger partial charge in [0.25, 0.3) is 0 Å². The van der Waals surface area contributed by atoms with Gasteiger partial charge in [0.15, 0.2) is 0 Å². The molecule has 0 saturated heterocycles. The number of phenolic OH excluding ortho intramolecular Hbond substituents is 1. The molecule has 4 rings (SSSR count). The average Bonchev–Trinajstić information content (AvgIpc) is 2.92. The highest BCUT2D eigenvalue weighted by molar-refractivity contribution is 5.86. The van der Waals surface area contributed by atoms with Crippen molar-refractivity contribution in [2.45, 2.75) is 25.7 Å². The van der Waals surface area contributed by atoms with Gasteiger partial charge in [-0.2, -0.15) is 0 Å². The number of halogens is 1. The van der Waals surface area contributed by atoms with Gasteiger partial charge in [-0.15, -0.1) is 12.4 Å². The first-order valence-electron chi connectivity index (χ1n) is 5.86. The molecule has 1 N–H and O–H groups in total. The molecule has 0 bridgehead atoms. The van der Waals surface area contributed by atoms with Crippen LogP contribution in [0.2, 0.25) is 0 Å². The van der Waals surface area contributed by atoms with E-state index in [4.69, 9.17) is 4.98 Å². The molecule has 1 aromatic heterocycles. The van der Waals surface area contributed by atoms with Crippen molar-refractivity contribution < 1.29 is 5.11 Å². The van der Waals surface area contributed by atoms with Crippen LogP contribution in [-0.4, -0.2) is 10.1 Å². The average molecular weight is 248 g/mol. The van der Waals surface area contributed by atoms with Crippen LogP contribution in [0.15, 0.2) is 18.2 Å². The van der Waals surface area contributed by atoms with Gasteiger partial charge >= 0.3 is 0 Å². The molecule has 2 unspecified atom stereocenters. The van der Waals surface area contributed by atoms with E-state index >= 15 is 0 Å². The lowest BCUT2D eigenvalue weighted by atomic mass is 10.00. The monoisotopic (exact) mass is 247 g/mol. The molecule has 0 spiro atoms. The van der Waals surface area contributed by atoms with Crippen molar-refractivity contribution >= 4 is 23.3 Å². The van der Waals surface area contributed by atoms with Gasteiger partial charge in [-0.3, -0.25) is 4.98 Å². The van der Waals surface area contributed by atoms with Crippen LogP contribution in [0.5, 0.6) is 5.75 Å². The molecule has 2 aliphatic rings. The maximum absolute atomic E-state index is 9.55. The highest BCUT2D eigenvalue weighted by Gasteiger charge is 2.46. The Morgan fingerprint density at radius 3 is 3.00 bits per heavy atom. The molecule has 2 aliphatic carbocycles. The molecule has 2 atom stereocenters. The molecule has 0 radical (unpaired) electrons.